The number of benzene rings is 1. The molecule has 2 N–H and O–H groups in total. The van der Waals surface area contributed by atoms with Gasteiger partial charge < -0.3 is 15.3 Å². The molecule has 0 saturated carbocycles. The molecule has 1 amide bonds. The largest absolute Gasteiger partial charge is 0.391 e. The summed E-state index contributed by atoms with van der Waals surface area (Å²) in [5.41, 5.74) is 1.74. The fourth-order valence-electron chi connectivity index (χ4n) is 1.87. The number of amides is 1. The van der Waals surface area contributed by atoms with E-state index in [-0.39, 0.29) is 5.91 Å². The van der Waals surface area contributed by atoms with Crippen LogP contribution in [0.4, 0.5) is 5.69 Å². The Balaban J connectivity index is 2.62. The van der Waals surface area contributed by atoms with E-state index in [1.54, 1.807) is 0 Å². The first-order valence-corrected chi connectivity index (χ1v) is 6.93. The minimum Gasteiger partial charge on any atom is -0.391 e. The molecule has 19 heavy (non-hydrogen) atoms. The first kappa shape index (κ1) is 15.5. The van der Waals surface area contributed by atoms with Crippen LogP contribution in [0.3, 0.4) is 0 Å². The van der Waals surface area contributed by atoms with Crippen LogP contribution in [0.15, 0.2) is 24.3 Å². The first-order chi connectivity index (χ1) is 9.12. The van der Waals surface area contributed by atoms with E-state index < -0.39 is 6.10 Å². The van der Waals surface area contributed by atoms with Crippen molar-refractivity contribution >= 4 is 11.6 Å². The molecule has 0 spiro atoms. The van der Waals surface area contributed by atoms with Crippen molar-refractivity contribution in [1.29, 1.82) is 0 Å². The van der Waals surface area contributed by atoms with Gasteiger partial charge in [-0.15, -0.1) is 0 Å². The summed E-state index contributed by atoms with van der Waals surface area (Å²) in [6, 6.07) is 7.55. The van der Waals surface area contributed by atoms with Gasteiger partial charge in [0, 0.05) is 30.9 Å². The predicted octanol–water partition coefficient (Wildman–Crippen LogP) is 2.03. The third-order valence-electron chi connectivity index (χ3n) is 3.23. The van der Waals surface area contributed by atoms with Crippen LogP contribution in [0.2, 0.25) is 0 Å². The molecule has 0 aromatic heterocycles. The van der Waals surface area contributed by atoms with Gasteiger partial charge in [-0.1, -0.05) is 6.92 Å². The average molecular weight is 264 g/mol. The van der Waals surface area contributed by atoms with Gasteiger partial charge in [-0.05, 0) is 44.5 Å². The zero-order valence-corrected chi connectivity index (χ0v) is 12.0. The summed E-state index contributed by atoms with van der Waals surface area (Å²) < 4.78 is 0. The Morgan fingerprint density at radius 2 is 1.79 bits per heavy atom. The van der Waals surface area contributed by atoms with Crippen LogP contribution >= 0.6 is 0 Å². The lowest BCUT2D eigenvalue weighted by molar-refractivity contribution is 0.0914. The van der Waals surface area contributed by atoms with E-state index in [0.29, 0.717) is 18.5 Å². The fourth-order valence-corrected chi connectivity index (χ4v) is 1.87. The summed E-state index contributed by atoms with van der Waals surface area (Å²) in [7, 11) is 0. The van der Waals surface area contributed by atoms with Crippen LogP contribution in [0, 0.1) is 0 Å². The number of anilines is 1. The topological polar surface area (TPSA) is 52.6 Å². The zero-order valence-electron chi connectivity index (χ0n) is 12.0. The van der Waals surface area contributed by atoms with Crippen LogP contribution in [0.5, 0.6) is 0 Å². The Morgan fingerprint density at radius 3 is 2.26 bits per heavy atom. The molecule has 1 rings (SSSR count). The molecule has 1 aromatic carbocycles. The maximum Gasteiger partial charge on any atom is 0.251 e. The smallest absolute Gasteiger partial charge is 0.251 e. The third-order valence-corrected chi connectivity index (χ3v) is 3.23. The lowest BCUT2D eigenvalue weighted by atomic mass is 10.1. The number of rotatable bonds is 7. The monoisotopic (exact) mass is 264 g/mol. The maximum absolute atomic E-state index is 11.8. The van der Waals surface area contributed by atoms with Crippen molar-refractivity contribution in [3.63, 3.8) is 0 Å². The summed E-state index contributed by atoms with van der Waals surface area (Å²) in [6.45, 7) is 8.30. The van der Waals surface area contributed by atoms with Crippen LogP contribution in [0.25, 0.3) is 0 Å². The van der Waals surface area contributed by atoms with Gasteiger partial charge in [0.15, 0.2) is 0 Å². The molecule has 106 valence electrons. The molecule has 0 saturated heterocycles. The Morgan fingerprint density at radius 1 is 1.21 bits per heavy atom. The quantitative estimate of drug-likeness (QED) is 0.792. The normalized spacial score (nSPS) is 12.0. The molecule has 0 aliphatic heterocycles. The van der Waals surface area contributed by atoms with Gasteiger partial charge in [0.2, 0.25) is 0 Å². The van der Waals surface area contributed by atoms with E-state index in [4.69, 9.17) is 0 Å². The second kappa shape index (κ2) is 7.79. The van der Waals surface area contributed by atoms with Crippen molar-refractivity contribution in [2.24, 2.45) is 0 Å². The van der Waals surface area contributed by atoms with Crippen molar-refractivity contribution in [2.45, 2.75) is 33.3 Å². The van der Waals surface area contributed by atoms with Gasteiger partial charge in [-0.3, -0.25) is 4.79 Å². The van der Waals surface area contributed by atoms with E-state index in [1.165, 1.54) is 0 Å². The molecule has 0 radical (unpaired) electrons. The molecule has 0 aliphatic rings. The van der Waals surface area contributed by atoms with Gasteiger partial charge in [-0.2, -0.15) is 0 Å². The van der Waals surface area contributed by atoms with Crippen LogP contribution in [-0.2, 0) is 0 Å². The SMILES string of the molecule is CCC(O)CNC(=O)c1ccc(N(CC)CC)cc1. The Bertz CT molecular complexity index is 386. The highest BCUT2D eigenvalue weighted by Gasteiger charge is 2.08. The highest BCUT2D eigenvalue weighted by atomic mass is 16.3. The van der Waals surface area contributed by atoms with Crippen LogP contribution in [-0.4, -0.2) is 36.8 Å². The number of hydrogen-bond acceptors (Lipinski definition) is 3. The van der Waals surface area contributed by atoms with Crippen molar-refractivity contribution in [1.82, 2.24) is 5.32 Å². The highest BCUT2D eigenvalue weighted by Crippen LogP contribution is 2.14. The Hall–Kier alpha value is -1.55. The summed E-state index contributed by atoms with van der Waals surface area (Å²) in [4.78, 5) is 14.1. The standard InChI is InChI=1S/C15H24N2O2/c1-4-14(18)11-16-15(19)12-7-9-13(10-8-12)17(5-2)6-3/h7-10,14,18H,4-6,11H2,1-3H3,(H,16,19). The fraction of sp³-hybridized carbons (Fsp3) is 0.533. The number of carbonyl (C=O) groups is 1. The maximum atomic E-state index is 11.8. The molecule has 1 unspecified atom stereocenters. The molecule has 0 aliphatic carbocycles. The van der Waals surface area contributed by atoms with E-state index in [2.05, 4.69) is 24.1 Å². The molecular weight excluding hydrogens is 240 g/mol. The number of nitrogens with one attached hydrogen (secondary N) is 1. The summed E-state index contributed by atoms with van der Waals surface area (Å²) in [5, 5.41) is 12.1. The number of carbonyl (C=O) groups excluding carboxylic acids is 1. The molecule has 4 heteroatoms. The molecular formula is C15H24N2O2. The first-order valence-electron chi connectivity index (χ1n) is 6.93. The highest BCUT2D eigenvalue weighted by molar-refractivity contribution is 5.94. The molecule has 4 nitrogen and oxygen atoms in total. The van der Waals surface area contributed by atoms with Crippen molar-refractivity contribution < 1.29 is 9.90 Å². The van der Waals surface area contributed by atoms with E-state index >= 15 is 0 Å². The summed E-state index contributed by atoms with van der Waals surface area (Å²) in [6.07, 6.45) is 0.167. The molecule has 0 fully saturated rings. The zero-order chi connectivity index (χ0) is 14.3. The van der Waals surface area contributed by atoms with E-state index in [1.807, 2.05) is 31.2 Å². The average Bonchev–Trinajstić information content (AvgIpc) is 2.46. The van der Waals surface area contributed by atoms with Crippen LogP contribution < -0.4 is 10.2 Å². The third kappa shape index (κ3) is 4.56. The number of aliphatic hydroxyl groups excluding tert-OH is 1. The Labute approximate surface area is 115 Å². The molecule has 0 heterocycles. The van der Waals surface area contributed by atoms with Gasteiger partial charge in [-0.25, -0.2) is 0 Å². The van der Waals surface area contributed by atoms with Crippen molar-refractivity contribution in [3.05, 3.63) is 29.8 Å². The minimum absolute atomic E-state index is 0.140. The Kier molecular flexibility index (Phi) is 6.36. The van der Waals surface area contributed by atoms with Gasteiger partial charge in [0.05, 0.1) is 6.10 Å². The van der Waals surface area contributed by atoms with Crippen molar-refractivity contribution in [3.8, 4) is 0 Å². The summed E-state index contributed by atoms with van der Waals surface area (Å²) in [5.74, 6) is -0.140. The van der Waals surface area contributed by atoms with E-state index in [9.17, 15) is 9.90 Å². The molecule has 0 bridgehead atoms. The second-order valence-electron chi connectivity index (χ2n) is 4.49. The lowest BCUT2D eigenvalue weighted by Gasteiger charge is -2.21. The number of hydrogen-bond donors (Lipinski definition) is 2. The van der Waals surface area contributed by atoms with Gasteiger partial charge >= 0.3 is 0 Å². The van der Waals surface area contributed by atoms with E-state index in [0.717, 1.165) is 18.8 Å². The predicted molar refractivity (Wildman–Crippen MR) is 78.6 cm³/mol. The number of nitrogens with zero attached hydrogens (tertiary/aromatic N) is 1. The summed E-state index contributed by atoms with van der Waals surface area (Å²) >= 11 is 0. The molecule has 1 atom stereocenters. The second-order valence-corrected chi connectivity index (χ2v) is 4.49. The minimum atomic E-state index is -0.473. The van der Waals surface area contributed by atoms with Crippen LogP contribution in [0.1, 0.15) is 37.6 Å². The lowest BCUT2D eigenvalue weighted by Crippen LogP contribution is -2.31. The van der Waals surface area contributed by atoms with Gasteiger partial charge in [0.25, 0.3) is 5.91 Å². The number of aliphatic hydroxyl groups is 1. The molecule has 1 aromatic rings. The van der Waals surface area contributed by atoms with Gasteiger partial charge in [0.1, 0.15) is 0 Å². The van der Waals surface area contributed by atoms with Crippen molar-refractivity contribution in [2.75, 3.05) is 24.5 Å².